The third kappa shape index (κ3) is 3.52. The average Bonchev–Trinajstić information content (AvgIpc) is 2.39. The lowest BCUT2D eigenvalue weighted by atomic mass is 9.96. The van der Waals surface area contributed by atoms with E-state index < -0.39 is 15.8 Å². The van der Waals surface area contributed by atoms with Crippen LogP contribution in [0.3, 0.4) is 0 Å². The van der Waals surface area contributed by atoms with Crippen LogP contribution in [-0.4, -0.2) is 14.5 Å². The van der Waals surface area contributed by atoms with Crippen LogP contribution in [0.25, 0.3) is 0 Å². The summed E-state index contributed by atoms with van der Waals surface area (Å²) < 4.78 is 40.7. The van der Waals surface area contributed by atoms with E-state index in [1.165, 1.54) is 12.1 Å². The van der Waals surface area contributed by atoms with Crippen molar-refractivity contribution in [3.63, 3.8) is 0 Å². The first-order valence-corrected chi connectivity index (χ1v) is 8.02. The molecule has 2 rings (SSSR count). The van der Waals surface area contributed by atoms with Gasteiger partial charge in [0.25, 0.3) is 0 Å². The molecule has 0 radical (unpaired) electrons. The van der Waals surface area contributed by atoms with Crippen molar-refractivity contribution >= 4 is 10.0 Å². The van der Waals surface area contributed by atoms with Gasteiger partial charge in [-0.05, 0) is 30.5 Å². The van der Waals surface area contributed by atoms with Crippen molar-refractivity contribution in [1.82, 2.24) is 4.72 Å². The highest BCUT2D eigenvalue weighted by molar-refractivity contribution is 7.89. The monoisotopic (exact) mass is 286 g/mol. The summed E-state index contributed by atoms with van der Waals surface area (Å²) in [5.41, 5.74) is 6.06. The van der Waals surface area contributed by atoms with E-state index in [1.807, 2.05) is 0 Å². The lowest BCUT2D eigenvalue weighted by Crippen LogP contribution is -2.36. The molecular weight excluding hydrogens is 267 g/mol. The van der Waals surface area contributed by atoms with Gasteiger partial charge in [-0.1, -0.05) is 25.3 Å². The van der Waals surface area contributed by atoms with E-state index in [1.54, 1.807) is 0 Å². The molecule has 106 valence electrons. The van der Waals surface area contributed by atoms with Crippen LogP contribution in [0.15, 0.2) is 23.1 Å². The molecule has 1 fully saturated rings. The van der Waals surface area contributed by atoms with Gasteiger partial charge in [-0.25, -0.2) is 17.5 Å². The van der Waals surface area contributed by atoms with Gasteiger partial charge in [0, 0.05) is 12.6 Å². The first kappa shape index (κ1) is 14.4. The second-order valence-corrected chi connectivity index (χ2v) is 6.61. The highest BCUT2D eigenvalue weighted by Crippen LogP contribution is 2.21. The van der Waals surface area contributed by atoms with Crippen molar-refractivity contribution in [2.75, 3.05) is 0 Å². The fourth-order valence-electron chi connectivity index (χ4n) is 2.38. The molecule has 19 heavy (non-hydrogen) atoms. The quantitative estimate of drug-likeness (QED) is 0.888. The summed E-state index contributed by atoms with van der Waals surface area (Å²) in [6.45, 7) is 0.187. The third-order valence-electron chi connectivity index (χ3n) is 3.45. The van der Waals surface area contributed by atoms with Crippen LogP contribution in [0.2, 0.25) is 0 Å². The number of nitrogens with two attached hydrogens (primary N) is 1. The van der Waals surface area contributed by atoms with Crippen LogP contribution in [0, 0.1) is 5.82 Å². The Hall–Kier alpha value is -0.980. The zero-order valence-electron chi connectivity index (χ0n) is 10.7. The van der Waals surface area contributed by atoms with E-state index >= 15 is 0 Å². The van der Waals surface area contributed by atoms with E-state index in [2.05, 4.69) is 4.72 Å². The topological polar surface area (TPSA) is 72.2 Å². The molecule has 1 aliphatic carbocycles. The van der Waals surface area contributed by atoms with Crippen molar-refractivity contribution < 1.29 is 12.8 Å². The number of rotatable bonds is 4. The fraction of sp³-hybridized carbons (Fsp3) is 0.538. The molecule has 0 unspecified atom stereocenters. The minimum absolute atomic E-state index is 0.0836. The van der Waals surface area contributed by atoms with Gasteiger partial charge in [-0.2, -0.15) is 0 Å². The van der Waals surface area contributed by atoms with E-state index in [4.69, 9.17) is 5.73 Å². The molecule has 0 spiro atoms. The summed E-state index contributed by atoms with van der Waals surface area (Å²) in [6.07, 6.45) is 4.79. The molecule has 1 aromatic rings. The molecule has 0 saturated heterocycles. The Morgan fingerprint density at radius 3 is 2.58 bits per heavy atom. The van der Waals surface area contributed by atoms with E-state index in [0.717, 1.165) is 38.2 Å². The zero-order chi connectivity index (χ0) is 13.9. The minimum atomic E-state index is -3.80. The smallest absolute Gasteiger partial charge is 0.243 e. The Kier molecular flexibility index (Phi) is 4.54. The molecule has 0 bridgehead atoms. The first-order valence-electron chi connectivity index (χ1n) is 6.54. The van der Waals surface area contributed by atoms with E-state index in [9.17, 15) is 12.8 Å². The van der Waals surface area contributed by atoms with E-state index in [0.29, 0.717) is 5.56 Å². The molecule has 0 atom stereocenters. The van der Waals surface area contributed by atoms with Gasteiger partial charge in [-0.15, -0.1) is 0 Å². The van der Waals surface area contributed by atoms with Gasteiger partial charge in [-0.3, -0.25) is 0 Å². The van der Waals surface area contributed by atoms with Crippen LogP contribution in [0.4, 0.5) is 4.39 Å². The fourth-order valence-corrected chi connectivity index (χ4v) is 3.82. The second-order valence-electron chi connectivity index (χ2n) is 4.93. The maximum absolute atomic E-state index is 13.7. The van der Waals surface area contributed by atoms with Crippen LogP contribution < -0.4 is 10.5 Å². The molecular formula is C13H19FN2O2S. The number of halogens is 1. The van der Waals surface area contributed by atoms with Crippen LogP contribution in [0.1, 0.15) is 37.7 Å². The Bertz CT molecular complexity index is 540. The van der Waals surface area contributed by atoms with Gasteiger partial charge in [0.1, 0.15) is 10.7 Å². The summed E-state index contributed by atoms with van der Waals surface area (Å²) in [6, 6.07) is 3.87. The predicted octanol–water partition coefficient (Wildman–Crippen LogP) is 1.90. The largest absolute Gasteiger partial charge is 0.326 e. The lowest BCUT2D eigenvalue weighted by molar-refractivity contribution is 0.411. The normalized spacial score (nSPS) is 17.6. The average molecular weight is 286 g/mol. The van der Waals surface area contributed by atoms with Gasteiger partial charge >= 0.3 is 0 Å². The Morgan fingerprint density at radius 1 is 1.26 bits per heavy atom. The zero-order valence-corrected chi connectivity index (χ0v) is 11.5. The third-order valence-corrected chi connectivity index (χ3v) is 4.98. The minimum Gasteiger partial charge on any atom is -0.326 e. The SMILES string of the molecule is NCc1ccc(F)c(S(=O)(=O)NC2CCCCC2)c1. The Morgan fingerprint density at radius 2 is 1.95 bits per heavy atom. The maximum Gasteiger partial charge on any atom is 0.243 e. The van der Waals surface area contributed by atoms with Gasteiger partial charge in [0.2, 0.25) is 10.0 Å². The predicted molar refractivity (Wildman–Crippen MR) is 71.5 cm³/mol. The Labute approximate surface area is 113 Å². The van der Waals surface area contributed by atoms with Crippen molar-refractivity contribution in [1.29, 1.82) is 0 Å². The van der Waals surface area contributed by atoms with Crippen LogP contribution in [0.5, 0.6) is 0 Å². The maximum atomic E-state index is 13.7. The summed E-state index contributed by atoms with van der Waals surface area (Å²) in [7, 11) is -3.80. The number of hydrogen-bond donors (Lipinski definition) is 2. The van der Waals surface area contributed by atoms with Crippen molar-refractivity contribution in [2.24, 2.45) is 5.73 Å². The highest BCUT2D eigenvalue weighted by Gasteiger charge is 2.24. The molecule has 4 nitrogen and oxygen atoms in total. The molecule has 3 N–H and O–H groups in total. The summed E-state index contributed by atoms with van der Waals surface area (Å²) in [5, 5.41) is 0. The number of nitrogens with one attached hydrogen (secondary N) is 1. The van der Waals surface area contributed by atoms with Crippen molar-refractivity contribution in [3.05, 3.63) is 29.6 Å². The van der Waals surface area contributed by atoms with E-state index in [-0.39, 0.29) is 17.5 Å². The summed E-state index contributed by atoms with van der Waals surface area (Å²) >= 11 is 0. The van der Waals surface area contributed by atoms with Gasteiger partial charge < -0.3 is 5.73 Å². The molecule has 0 amide bonds. The highest BCUT2D eigenvalue weighted by atomic mass is 32.2. The van der Waals surface area contributed by atoms with Crippen molar-refractivity contribution in [2.45, 2.75) is 49.6 Å². The van der Waals surface area contributed by atoms with Gasteiger partial charge in [0.05, 0.1) is 0 Å². The van der Waals surface area contributed by atoms with Crippen LogP contribution >= 0.6 is 0 Å². The van der Waals surface area contributed by atoms with Gasteiger partial charge in [0.15, 0.2) is 0 Å². The molecule has 0 heterocycles. The second kappa shape index (κ2) is 5.98. The molecule has 1 aromatic carbocycles. The molecule has 1 saturated carbocycles. The number of benzene rings is 1. The van der Waals surface area contributed by atoms with Crippen LogP contribution in [-0.2, 0) is 16.6 Å². The first-order chi connectivity index (χ1) is 9.03. The molecule has 6 heteroatoms. The summed E-state index contributed by atoms with van der Waals surface area (Å²) in [4.78, 5) is -0.305. The van der Waals surface area contributed by atoms with Crippen molar-refractivity contribution in [3.8, 4) is 0 Å². The number of sulfonamides is 1. The standard InChI is InChI=1S/C13H19FN2O2S/c14-12-7-6-10(9-15)8-13(12)19(17,18)16-11-4-2-1-3-5-11/h6-8,11,16H,1-5,9,15H2. The Balaban J connectivity index is 2.23. The summed E-state index contributed by atoms with van der Waals surface area (Å²) in [5.74, 6) is -0.736. The molecule has 0 aromatic heterocycles. The lowest BCUT2D eigenvalue weighted by Gasteiger charge is -2.22. The molecule has 0 aliphatic heterocycles. The molecule has 1 aliphatic rings. The number of hydrogen-bond acceptors (Lipinski definition) is 3.